The molecule has 0 unspecified atom stereocenters. The number of benzene rings is 1. The van der Waals surface area contributed by atoms with E-state index in [1.54, 1.807) is 0 Å². The Hall–Kier alpha value is -0.820. The van der Waals surface area contributed by atoms with Crippen LogP contribution in [0, 0.1) is 5.92 Å². The normalized spacial score (nSPS) is 23.8. The summed E-state index contributed by atoms with van der Waals surface area (Å²) in [4.78, 5) is 0. The zero-order valence-electron chi connectivity index (χ0n) is 13.7. The van der Waals surface area contributed by atoms with Gasteiger partial charge in [-0.1, -0.05) is 58.4 Å². The zero-order valence-corrected chi connectivity index (χ0v) is 13.7. The van der Waals surface area contributed by atoms with Crippen LogP contribution in [0.3, 0.4) is 0 Å². The molecule has 2 rings (SSSR count). The van der Waals surface area contributed by atoms with Gasteiger partial charge in [-0.3, -0.25) is 0 Å². The van der Waals surface area contributed by atoms with Crippen LogP contribution in [0.5, 0.6) is 0 Å². The van der Waals surface area contributed by atoms with Crippen LogP contribution in [0.4, 0.5) is 0 Å². The first kappa shape index (κ1) is 15.6. The lowest BCUT2D eigenvalue weighted by molar-refractivity contribution is 0.285. The average Bonchev–Trinajstić information content (AvgIpc) is 2.45. The number of hydrogen-bond donors (Lipinski definition) is 1. The highest BCUT2D eigenvalue weighted by atomic mass is 14.9. The molecule has 1 saturated carbocycles. The van der Waals surface area contributed by atoms with Gasteiger partial charge in [-0.2, -0.15) is 0 Å². The number of hydrogen-bond acceptors (Lipinski definition) is 1. The van der Waals surface area contributed by atoms with E-state index in [1.807, 2.05) is 0 Å². The van der Waals surface area contributed by atoms with Gasteiger partial charge in [0.15, 0.2) is 0 Å². The summed E-state index contributed by atoms with van der Waals surface area (Å²) in [6.07, 6.45) is 6.91. The molecule has 112 valence electrons. The Bertz CT molecular complexity index is 391. The molecule has 1 heteroatoms. The highest BCUT2D eigenvalue weighted by Crippen LogP contribution is 2.27. The van der Waals surface area contributed by atoms with Gasteiger partial charge in [0.25, 0.3) is 0 Å². The lowest BCUT2D eigenvalue weighted by atomic mass is 9.84. The van der Waals surface area contributed by atoms with Crippen molar-refractivity contribution in [3.63, 3.8) is 0 Å². The lowest BCUT2D eigenvalue weighted by Gasteiger charge is -2.28. The highest BCUT2D eigenvalue weighted by molar-refractivity contribution is 5.27. The minimum atomic E-state index is 0.254. The van der Waals surface area contributed by atoms with Crippen molar-refractivity contribution in [3.8, 4) is 0 Å². The lowest BCUT2D eigenvalue weighted by Crippen LogP contribution is -2.32. The monoisotopic (exact) mass is 273 g/mol. The Morgan fingerprint density at radius 1 is 1.00 bits per heavy atom. The SMILES string of the molecule is CCC1CCC(NCc2ccc(C(C)(C)C)cc2)CC1. The van der Waals surface area contributed by atoms with E-state index in [2.05, 4.69) is 57.3 Å². The van der Waals surface area contributed by atoms with Crippen LogP contribution < -0.4 is 5.32 Å². The third-order valence-electron chi connectivity index (χ3n) is 4.84. The molecule has 1 aromatic rings. The fourth-order valence-electron chi connectivity index (χ4n) is 3.16. The van der Waals surface area contributed by atoms with Gasteiger partial charge in [-0.25, -0.2) is 0 Å². The van der Waals surface area contributed by atoms with Gasteiger partial charge in [0.05, 0.1) is 0 Å². The molecule has 0 aromatic heterocycles. The summed E-state index contributed by atoms with van der Waals surface area (Å²) < 4.78 is 0. The molecular formula is C19H31N. The standard InChI is InChI=1S/C19H31N/c1-5-15-8-12-18(13-9-15)20-14-16-6-10-17(11-7-16)19(2,3)4/h6-7,10-11,15,18,20H,5,8-9,12-14H2,1-4H3. The molecule has 1 nitrogen and oxygen atoms in total. The molecule has 20 heavy (non-hydrogen) atoms. The van der Waals surface area contributed by atoms with Crippen molar-refractivity contribution in [3.05, 3.63) is 35.4 Å². The third kappa shape index (κ3) is 4.34. The molecule has 0 spiro atoms. The second-order valence-corrected chi connectivity index (χ2v) is 7.45. The molecule has 0 aliphatic heterocycles. The fourth-order valence-corrected chi connectivity index (χ4v) is 3.16. The molecule has 0 saturated heterocycles. The maximum absolute atomic E-state index is 3.74. The first-order chi connectivity index (χ1) is 9.49. The van der Waals surface area contributed by atoms with Crippen molar-refractivity contribution in [2.24, 2.45) is 5.92 Å². The van der Waals surface area contributed by atoms with Crippen molar-refractivity contribution < 1.29 is 0 Å². The molecule has 0 heterocycles. The molecule has 0 radical (unpaired) electrons. The Kier molecular flexibility index (Phi) is 5.26. The second kappa shape index (κ2) is 6.76. The van der Waals surface area contributed by atoms with E-state index in [9.17, 15) is 0 Å². The predicted molar refractivity (Wildman–Crippen MR) is 88.0 cm³/mol. The van der Waals surface area contributed by atoms with Gasteiger partial charge in [0.1, 0.15) is 0 Å². The van der Waals surface area contributed by atoms with Crippen molar-refractivity contribution in [1.29, 1.82) is 0 Å². The van der Waals surface area contributed by atoms with Gasteiger partial charge in [-0.15, -0.1) is 0 Å². The Labute approximate surface area is 125 Å². The van der Waals surface area contributed by atoms with Gasteiger partial charge in [0, 0.05) is 12.6 Å². The van der Waals surface area contributed by atoms with Crippen LogP contribution in [-0.2, 0) is 12.0 Å². The molecule has 1 aromatic carbocycles. The van der Waals surface area contributed by atoms with Crippen LogP contribution in [0.2, 0.25) is 0 Å². The quantitative estimate of drug-likeness (QED) is 0.810. The molecule has 1 aliphatic carbocycles. The van der Waals surface area contributed by atoms with Gasteiger partial charge >= 0.3 is 0 Å². The van der Waals surface area contributed by atoms with Gasteiger partial charge in [-0.05, 0) is 48.1 Å². The molecule has 0 atom stereocenters. The second-order valence-electron chi connectivity index (χ2n) is 7.45. The van der Waals surface area contributed by atoms with E-state index in [0.717, 1.165) is 18.5 Å². The summed E-state index contributed by atoms with van der Waals surface area (Å²) in [6, 6.07) is 9.87. The molecule has 1 fully saturated rings. The average molecular weight is 273 g/mol. The van der Waals surface area contributed by atoms with Crippen LogP contribution in [0.25, 0.3) is 0 Å². The van der Waals surface area contributed by atoms with Crippen molar-refractivity contribution in [2.45, 2.75) is 77.8 Å². The zero-order chi connectivity index (χ0) is 14.6. The highest BCUT2D eigenvalue weighted by Gasteiger charge is 2.19. The molecule has 1 N–H and O–H groups in total. The topological polar surface area (TPSA) is 12.0 Å². The van der Waals surface area contributed by atoms with Crippen LogP contribution in [-0.4, -0.2) is 6.04 Å². The number of nitrogens with one attached hydrogen (secondary N) is 1. The third-order valence-corrected chi connectivity index (χ3v) is 4.84. The van der Waals surface area contributed by atoms with Crippen LogP contribution in [0.1, 0.15) is 70.9 Å². The van der Waals surface area contributed by atoms with Crippen molar-refractivity contribution in [1.82, 2.24) is 5.32 Å². The Morgan fingerprint density at radius 3 is 2.10 bits per heavy atom. The summed E-state index contributed by atoms with van der Waals surface area (Å²) >= 11 is 0. The summed E-state index contributed by atoms with van der Waals surface area (Å²) in [6.45, 7) is 10.2. The van der Waals surface area contributed by atoms with E-state index >= 15 is 0 Å². The largest absolute Gasteiger partial charge is 0.310 e. The van der Waals surface area contributed by atoms with E-state index in [1.165, 1.54) is 43.2 Å². The maximum Gasteiger partial charge on any atom is 0.0208 e. The number of rotatable bonds is 4. The Balaban J connectivity index is 1.80. The van der Waals surface area contributed by atoms with E-state index in [-0.39, 0.29) is 5.41 Å². The summed E-state index contributed by atoms with van der Waals surface area (Å²) in [5.41, 5.74) is 3.09. The van der Waals surface area contributed by atoms with Gasteiger partial charge in [0.2, 0.25) is 0 Å². The Morgan fingerprint density at radius 2 is 1.60 bits per heavy atom. The van der Waals surface area contributed by atoms with Crippen LogP contribution >= 0.6 is 0 Å². The fraction of sp³-hybridized carbons (Fsp3) is 0.684. The van der Waals surface area contributed by atoms with Crippen LogP contribution in [0.15, 0.2) is 24.3 Å². The summed E-state index contributed by atoms with van der Waals surface area (Å²) in [5, 5.41) is 3.74. The van der Waals surface area contributed by atoms with E-state index < -0.39 is 0 Å². The molecule has 0 amide bonds. The van der Waals surface area contributed by atoms with E-state index in [4.69, 9.17) is 0 Å². The predicted octanol–water partition coefficient (Wildman–Crippen LogP) is 5.04. The smallest absolute Gasteiger partial charge is 0.0208 e. The molecule has 0 bridgehead atoms. The van der Waals surface area contributed by atoms with Crippen molar-refractivity contribution >= 4 is 0 Å². The first-order valence-corrected chi connectivity index (χ1v) is 8.32. The minimum absolute atomic E-state index is 0.254. The summed E-state index contributed by atoms with van der Waals surface area (Å²) in [5.74, 6) is 0.985. The molecule has 1 aliphatic rings. The van der Waals surface area contributed by atoms with Crippen molar-refractivity contribution in [2.75, 3.05) is 0 Å². The van der Waals surface area contributed by atoms with Gasteiger partial charge < -0.3 is 5.32 Å². The first-order valence-electron chi connectivity index (χ1n) is 8.32. The molecular weight excluding hydrogens is 242 g/mol. The van der Waals surface area contributed by atoms with E-state index in [0.29, 0.717) is 0 Å². The maximum atomic E-state index is 3.74. The minimum Gasteiger partial charge on any atom is -0.310 e. The summed E-state index contributed by atoms with van der Waals surface area (Å²) in [7, 11) is 0.